The highest BCUT2D eigenvalue weighted by Crippen LogP contribution is 2.14. The first-order valence-electron chi connectivity index (χ1n) is 3.75. The summed E-state index contributed by atoms with van der Waals surface area (Å²) in [5.74, 6) is 0.250. The molecule has 0 saturated carbocycles. The number of phenolic OH excluding ortho intramolecular Hbond substituents is 1. The highest BCUT2D eigenvalue weighted by atomic mass is 32.1. The zero-order valence-corrected chi connectivity index (χ0v) is 7.77. The number of hydrogen-bond donors (Lipinski definition) is 4. The summed E-state index contributed by atoms with van der Waals surface area (Å²) < 4.78 is 0. The molecule has 1 aromatic carbocycles. The molecule has 0 amide bonds. The molecule has 0 spiro atoms. The summed E-state index contributed by atoms with van der Waals surface area (Å²) in [5, 5.41) is 9.52. The van der Waals surface area contributed by atoms with Gasteiger partial charge in [0.2, 0.25) is 0 Å². The van der Waals surface area contributed by atoms with Crippen molar-refractivity contribution >= 4 is 17.3 Å². The van der Waals surface area contributed by atoms with Crippen LogP contribution in [0.4, 0.5) is 0 Å². The van der Waals surface area contributed by atoms with Gasteiger partial charge in [0.25, 0.3) is 0 Å². The molecule has 0 unspecified atom stereocenters. The molecule has 4 nitrogen and oxygen atoms in total. The van der Waals surface area contributed by atoms with E-state index in [0.29, 0.717) is 6.54 Å². The highest BCUT2D eigenvalue weighted by Gasteiger charge is 1.97. The molecule has 13 heavy (non-hydrogen) atoms. The predicted octanol–water partition coefficient (Wildman–Crippen LogP) is 0.230. The van der Waals surface area contributed by atoms with Crippen LogP contribution in [0.2, 0.25) is 0 Å². The summed E-state index contributed by atoms with van der Waals surface area (Å²) >= 11 is 4.59. The van der Waals surface area contributed by atoms with E-state index in [-0.39, 0.29) is 10.9 Å². The van der Waals surface area contributed by atoms with Crippen molar-refractivity contribution < 1.29 is 5.11 Å². The molecule has 0 heterocycles. The Balaban J connectivity index is 2.45. The van der Waals surface area contributed by atoms with Crippen LogP contribution in [0.5, 0.6) is 5.75 Å². The number of para-hydroxylation sites is 1. The summed E-state index contributed by atoms with van der Waals surface area (Å²) in [5.41, 5.74) is 11.3. The fraction of sp³-hybridized carbons (Fsp3) is 0.125. The molecule has 0 atom stereocenters. The largest absolute Gasteiger partial charge is 0.508 e. The second-order valence-electron chi connectivity index (χ2n) is 2.47. The number of benzene rings is 1. The third kappa shape index (κ3) is 3.27. The summed E-state index contributed by atoms with van der Waals surface area (Å²) in [6.45, 7) is 0.462. The lowest BCUT2D eigenvalue weighted by Crippen LogP contribution is -2.40. The quantitative estimate of drug-likeness (QED) is 0.412. The Morgan fingerprint density at radius 1 is 1.46 bits per heavy atom. The molecule has 0 aromatic heterocycles. The number of phenols is 1. The van der Waals surface area contributed by atoms with Crippen molar-refractivity contribution in [3.05, 3.63) is 29.8 Å². The average Bonchev–Trinajstić information content (AvgIpc) is 2.08. The second kappa shape index (κ2) is 4.64. The van der Waals surface area contributed by atoms with Gasteiger partial charge in [0.1, 0.15) is 5.75 Å². The normalized spacial score (nSPS) is 9.54. The van der Waals surface area contributed by atoms with Crippen LogP contribution in [0.25, 0.3) is 0 Å². The van der Waals surface area contributed by atoms with E-state index in [1.54, 1.807) is 12.1 Å². The zero-order valence-electron chi connectivity index (χ0n) is 6.95. The number of hydrogen-bond acceptors (Lipinski definition) is 3. The lowest BCUT2D eigenvalue weighted by Gasteiger charge is -2.07. The fourth-order valence-electron chi connectivity index (χ4n) is 0.887. The van der Waals surface area contributed by atoms with Gasteiger partial charge in [0, 0.05) is 12.1 Å². The number of nitrogens with two attached hydrogens (primary N) is 1. The lowest BCUT2D eigenvalue weighted by molar-refractivity contribution is 0.463. The van der Waals surface area contributed by atoms with E-state index in [9.17, 15) is 5.11 Å². The molecular formula is C8H11N3OS. The molecule has 0 fully saturated rings. The molecule has 0 saturated heterocycles. The second-order valence-corrected chi connectivity index (χ2v) is 2.91. The van der Waals surface area contributed by atoms with Gasteiger partial charge in [0.15, 0.2) is 5.11 Å². The van der Waals surface area contributed by atoms with Gasteiger partial charge in [-0.2, -0.15) is 0 Å². The van der Waals surface area contributed by atoms with E-state index in [0.717, 1.165) is 5.56 Å². The van der Waals surface area contributed by atoms with Gasteiger partial charge < -0.3 is 10.8 Å². The molecule has 5 heteroatoms. The summed E-state index contributed by atoms with van der Waals surface area (Å²) in [4.78, 5) is 0. The van der Waals surface area contributed by atoms with Gasteiger partial charge in [0.05, 0.1) is 0 Å². The molecule has 0 radical (unpaired) electrons. The SMILES string of the molecule is NC(=S)NNCc1ccccc1O. The third-order valence-corrected chi connectivity index (χ3v) is 1.58. The Morgan fingerprint density at radius 3 is 2.77 bits per heavy atom. The standard InChI is InChI=1S/C8H11N3OS/c9-8(13)11-10-5-6-3-1-2-4-7(6)12/h1-4,10,12H,5H2,(H3,9,11,13). The van der Waals surface area contributed by atoms with Crippen molar-refractivity contribution in [3.8, 4) is 5.75 Å². The summed E-state index contributed by atoms with van der Waals surface area (Å²) in [7, 11) is 0. The van der Waals surface area contributed by atoms with Crippen LogP contribution >= 0.6 is 12.2 Å². The predicted molar refractivity (Wildman–Crippen MR) is 54.9 cm³/mol. The number of rotatable bonds is 3. The Morgan fingerprint density at radius 2 is 2.15 bits per heavy atom. The van der Waals surface area contributed by atoms with Crippen molar-refractivity contribution in [1.29, 1.82) is 0 Å². The van der Waals surface area contributed by atoms with E-state index in [1.807, 2.05) is 12.1 Å². The number of nitrogens with one attached hydrogen (secondary N) is 2. The van der Waals surface area contributed by atoms with Gasteiger partial charge in [-0.15, -0.1) is 0 Å². The topological polar surface area (TPSA) is 70.3 Å². The molecule has 70 valence electrons. The molecule has 0 aliphatic carbocycles. The van der Waals surface area contributed by atoms with Crippen LogP contribution in [0.1, 0.15) is 5.56 Å². The minimum Gasteiger partial charge on any atom is -0.508 e. The van der Waals surface area contributed by atoms with Crippen LogP contribution in [-0.2, 0) is 6.54 Å². The Labute approximate surface area is 81.7 Å². The zero-order chi connectivity index (χ0) is 9.68. The van der Waals surface area contributed by atoms with Crippen molar-refractivity contribution in [2.24, 2.45) is 5.73 Å². The van der Waals surface area contributed by atoms with E-state index < -0.39 is 0 Å². The highest BCUT2D eigenvalue weighted by molar-refractivity contribution is 7.80. The Hall–Kier alpha value is -1.33. The first-order chi connectivity index (χ1) is 6.20. The molecule has 0 bridgehead atoms. The van der Waals surface area contributed by atoms with Gasteiger partial charge in [-0.3, -0.25) is 5.43 Å². The third-order valence-electron chi connectivity index (χ3n) is 1.48. The van der Waals surface area contributed by atoms with Crippen LogP contribution in [0.15, 0.2) is 24.3 Å². The van der Waals surface area contributed by atoms with E-state index in [4.69, 9.17) is 5.73 Å². The Kier molecular flexibility index (Phi) is 3.48. The first kappa shape index (κ1) is 9.76. The smallest absolute Gasteiger partial charge is 0.178 e. The van der Waals surface area contributed by atoms with Gasteiger partial charge in [-0.05, 0) is 18.3 Å². The number of thiocarbonyl (C=S) groups is 1. The number of aromatic hydroxyl groups is 1. The van der Waals surface area contributed by atoms with E-state index in [1.165, 1.54) is 0 Å². The Bertz CT molecular complexity index is 303. The van der Waals surface area contributed by atoms with Gasteiger partial charge in [-0.1, -0.05) is 18.2 Å². The monoisotopic (exact) mass is 197 g/mol. The van der Waals surface area contributed by atoms with Crippen molar-refractivity contribution in [1.82, 2.24) is 10.9 Å². The van der Waals surface area contributed by atoms with Gasteiger partial charge in [-0.25, -0.2) is 5.43 Å². The molecule has 0 aliphatic heterocycles. The average molecular weight is 197 g/mol. The van der Waals surface area contributed by atoms with Crippen LogP contribution in [0.3, 0.4) is 0 Å². The summed E-state index contributed by atoms with van der Waals surface area (Å²) in [6, 6.07) is 7.04. The lowest BCUT2D eigenvalue weighted by atomic mass is 10.2. The van der Waals surface area contributed by atoms with E-state index >= 15 is 0 Å². The van der Waals surface area contributed by atoms with Crippen LogP contribution in [0, 0.1) is 0 Å². The van der Waals surface area contributed by atoms with E-state index in [2.05, 4.69) is 23.1 Å². The maximum absolute atomic E-state index is 9.34. The molecular weight excluding hydrogens is 186 g/mol. The maximum Gasteiger partial charge on any atom is 0.178 e. The van der Waals surface area contributed by atoms with Crippen molar-refractivity contribution in [2.45, 2.75) is 6.54 Å². The maximum atomic E-state index is 9.34. The van der Waals surface area contributed by atoms with Crippen LogP contribution < -0.4 is 16.6 Å². The summed E-state index contributed by atoms with van der Waals surface area (Å²) in [6.07, 6.45) is 0. The molecule has 0 aliphatic rings. The van der Waals surface area contributed by atoms with Gasteiger partial charge >= 0.3 is 0 Å². The fourth-order valence-corrected chi connectivity index (χ4v) is 0.959. The minimum absolute atomic E-state index is 0.176. The molecule has 5 N–H and O–H groups in total. The minimum atomic E-state index is 0.176. The number of hydrazine groups is 1. The molecule has 1 aromatic rings. The van der Waals surface area contributed by atoms with Crippen LogP contribution in [-0.4, -0.2) is 10.2 Å². The molecule has 1 rings (SSSR count). The van der Waals surface area contributed by atoms with Crippen molar-refractivity contribution in [3.63, 3.8) is 0 Å². The first-order valence-corrected chi connectivity index (χ1v) is 4.16. The van der Waals surface area contributed by atoms with Crippen molar-refractivity contribution in [2.75, 3.05) is 0 Å².